The first kappa shape index (κ1) is 17.8. The van der Waals surface area contributed by atoms with E-state index in [1.54, 1.807) is 20.3 Å². The Kier molecular flexibility index (Phi) is 5.97. The van der Waals surface area contributed by atoms with Gasteiger partial charge < -0.3 is 19.3 Å². The first-order valence-corrected chi connectivity index (χ1v) is 9.14. The van der Waals surface area contributed by atoms with Crippen LogP contribution >= 0.6 is 0 Å². The molecule has 1 atom stereocenters. The molecule has 2 fully saturated rings. The molecule has 5 heteroatoms. The number of amides is 1. The van der Waals surface area contributed by atoms with Crippen LogP contribution in [0.2, 0.25) is 0 Å². The molecule has 0 N–H and O–H groups in total. The number of hydrogen-bond acceptors (Lipinski definition) is 4. The molecule has 0 unspecified atom stereocenters. The van der Waals surface area contributed by atoms with Crippen LogP contribution in [0.3, 0.4) is 0 Å². The highest BCUT2D eigenvalue weighted by atomic mass is 16.5. The van der Waals surface area contributed by atoms with E-state index in [1.165, 1.54) is 25.9 Å². The summed E-state index contributed by atoms with van der Waals surface area (Å²) in [6.07, 6.45) is 8.35. The largest absolute Gasteiger partial charge is 0.493 e. The standard InChI is InChI=1S/C20H28N2O3/c1-24-18-9-7-16(14-19(18)25-2)8-10-20(23)22-13-5-6-17(22)15-21-11-3-4-12-21/h7-10,14,17H,3-6,11-13,15H2,1-2H3/b10-8-/t17-/m0/s1. The average molecular weight is 344 g/mol. The third kappa shape index (κ3) is 4.34. The molecule has 5 nitrogen and oxygen atoms in total. The molecule has 3 rings (SSSR count). The van der Waals surface area contributed by atoms with Crippen molar-refractivity contribution in [3.8, 4) is 11.5 Å². The number of carbonyl (C=O) groups is 1. The van der Waals surface area contributed by atoms with Crippen molar-refractivity contribution in [2.24, 2.45) is 0 Å². The van der Waals surface area contributed by atoms with Gasteiger partial charge in [-0.2, -0.15) is 0 Å². The van der Waals surface area contributed by atoms with E-state index < -0.39 is 0 Å². The Bertz CT molecular complexity index is 623. The maximum atomic E-state index is 12.6. The first-order chi connectivity index (χ1) is 12.2. The van der Waals surface area contributed by atoms with Gasteiger partial charge in [0.05, 0.1) is 14.2 Å². The normalized spacial score (nSPS) is 21.2. The molecule has 0 saturated carbocycles. The Balaban J connectivity index is 1.63. The van der Waals surface area contributed by atoms with Gasteiger partial charge in [-0.1, -0.05) is 6.07 Å². The van der Waals surface area contributed by atoms with E-state index in [4.69, 9.17) is 9.47 Å². The minimum atomic E-state index is 0.108. The Morgan fingerprint density at radius 1 is 1.12 bits per heavy atom. The minimum absolute atomic E-state index is 0.108. The van der Waals surface area contributed by atoms with Gasteiger partial charge in [0.15, 0.2) is 11.5 Å². The van der Waals surface area contributed by atoms with Crippen LogP contribution in [-0.2, 0) is 4.79 Å². The van der Waals surface area contributed by atoms with Gasteiger partial charge in [0.1, 0.15) is 0 Å². The van der Waals surface area contributed by atoms with Crippen LogP contribution in [0.1, 0.15) is 31.2 Å². The molecule has 0 spiro atoms. The monoisotopic (exact) mass is 344 g/mol. The fourth-order valence-corrected chi connectivity index (χ4v) is 3.80. The maximum absolute atomic E-state index is 12.6. The third-order valence-electron chi connectivity index (χ3n) is 5.15. The van der Waals surface area contributed by atoms with E-state index in [9.17, 15) is 4.79 Å². The zero-order valence-electron chi connectivity index (χ0n) is 15.2. The number of hydrogen-bond donors (Lipinski definition) is 0. The first-order valence-electron chi connectivity index (χ1n) is 9.14. The summed E-state index contributed by atoms with van der Waals surface area (Å²) in [6.45, 7) is 4.25. The Labute approximate surface area is 150 Å². The van der Waals surface area contributed by atoms with E-state index in [0.29, 0.717) is 17.5 Å². The van der Waals surface area contributed by atoms with Crippen LogP contribution in [0, 0.1) is 0 Å². The summed E-state index contributed by atoms with van der Waals surface area (Å²) in [4.78, 5) is 17.2. The van der Waals surface area contributed by atoms with Crippen molar-refractivity contribution >= 4 is 12.0 Å². The lowest BCUT2D eigenvalue weighted by Gasteiger charge is -2.27. The SMILES string of the molecule is COc1ccc(/C=C\C(=O)N2CCC[C@H]2CN2CCCC2)cc1OC. The summed E-state index contributed by atoms with van der Waals surface area (Å²) in [7, 11) is 3.23. The van der Waals surface area contributed by atoms with Crippen molar-refractivity contribution in [3.05, 3.63) is 29.8 Å². The van der Waals surface area contributed by atoms with Gasteiger partial charge in [-0.3, -0.25) is 4.79 Å². The zero-order valence-corrected chi connectivity index (χ0v) is 15.2. The Morgan fingerprint density at radius 2 is 1.88 bits per heavy atom. The van der Waals surface area contributed by atoms with Crippen LogP contribution in [0.4, 0.5) is 0 Å². The molecular formula is C20H28N2O3. The van der Waals surface area contributed by atoms with Gasteiger partial charge in [-0.25, -0.2) is 0 Å². The summed E-state index contributed by atoms with van der Waals surface area (Å²) >= 11 is 0. The number of likely N-dealkylation sites (tertiary alicyclic amines) is 2. The Hall–Kier alpha value is -2.01. The summed E-state index contributed by atoms with van der Waals surface area (Å²) in [5.74, 6) is 1.47. The van der Waals surface area contributed by atoms with Crippen LogP contribution in [-0.4, -0.2) is 62.1 Å². The fraction of sp³-hybridized carbons (Fsp3) is 0.550. The topological polar surface area (TPSA) is 42.0 Å². The summed E-state index contributed by atoms with van der Waals surface area (Å²) in [5.41, 5.74) is 0.932. The molecular weight excluding hydrogens is 316 g/mol. The molecule has 2 aliphatic rings. The minimum Gasteiger partial charge on any atom is -0.493 e. The van der Waals surface area contributed by atoms with Crippen molar-refractivity contribution < 1.29 is 14.3 Å². The molecule has 2 saturated heterocycles. The maximum Gasteiger partial charge on any atom is 0.246 e. The molecule has 2 heterocycles. The number of rotatable bonds is 6. The number of ether oxygens (including phenoxy) is 2. The number of nitrogens with zero attached hydrogens (tertiary/aromatic N) is 2. The summed E-state index contributed by atoms with van der Waals surface area (Å²) in [6, 6.07) is 6.03. The van der Waals surface area contributed by atoms with Crippen LogP contribution in [0.25, 0.3) is 6.08 Å². The second-order valence-corrected chi connectivity index (χ2v) is 6.78. The fourth-order valence-electron chi connectivity index (χ4n) is 3.80. The molecule has 2 aliphatic heterocycles. The molecule has 136 valence electrons. The van der Waals surface area contributed by atoms with Crippen LogP contribution in [0.15, 0.2) is 24.3 Å². The van der Waals surface area contributed by atoms with Crippen molar-refractivity contribution in [3.63, 3.8) is 0 Å². The van der Waals surface area contributed by atoms with Gasteiger partial charge in [-0.05, 0) is 62.5 Å². The van der Waals surface area contributed by atoms with Crippen molar-refractivity contribution in [1.29, 1.82) is 0 Å². The molecule has 1 amide bonds. The van der Waals surface area contributed by atoms with E-state index in [2.05, 4.69) is 4.90 Å². The van der Waals surface area contributed by atoms with E-state index >= 15 is 0 Å². The molecule has 25 heavy (non-hydrogen) atoms. The van der Waals surface area contributed by atoms with Gasteiger partial charge in [0, 0.05) is 25.2 Å². The van der Waals surface area contributed by atoms with Crippen molar-refractivity contribution in [1.82, 2.24) is 9.80 Å². The number of methoxy groups -OCH3 is 2. The van der Waals surface area contributed by atoms with Gasteiger partial charge in [0.25, 0.3) is 0 Å². The highest BCUT2D eigenvalue weighted by Crippen LogP contribution is 2.28. The lowest BCUT2D eigenvalue weighted by atomic mass is 10.1. The molecule has 0 bridgehead atoms. The van der Waals surface area contributed by atoms with Gasteiger partial charge in [-0.15, -0.1) is 0 Å². The highest BCUT2D eigenvalue weighted by Gasteiger charge is 2.29. The second kappa shape index (κ2) is 8.39. The third-order valence-corrected chi connectivity index (χ3v) is 5.15. The van der Waals surface area contributed by atoms with Crippen LogP contribution < -0.4 is 9.47 Å². The van der Waals surface area contributed by atoms with Gasteiger partial charge in [0.2, 0.25) is 5.91 Å². The van der Waals surface area contributed by atoms with E-state index in [0.717, 1.165) is 31.5 Å². The quantitative estimate of drug-likeness (QED) is 0.744. The second-order valence-electron chi connectivity index (χ2n) is 6.78. The molecule has 1 aromatic carbocycles. The lowest BCUT2D eigenvalue weighted by Crippen LogP contribution is -2.41. The smallest absolute Gasteiger partial charge is 0.246 e. The highest BCUT2D eigenvalue weighted by molar-refractivity contribution is 5.92. The molecule has 1 aromatic rings. The lowest BCUT2D eigenvalue weighted by molar-refractivity contribution is -0.127. The molecule has 0 aliphatic carbocycles. The van der Waals surface area contributed by atoms with Crippen molar-refractivity contribution in [2.45, 2.75) is 31.7 Å². The van der Waals surface area contributed by atoms with E-state index in [1.807, 2.05) is 29.2 Å². The van der Waals surface area contributed by atoms with E-state index in [-0.39, 0.29) is 5.91 Å². The summed E-state index contributed by atoms with van der Waals surface area (Å²) < 4.78 is 10.6. The number of carbonyl (C=O) groups excluding carboxylic acids is 1. The summed E-state index contributed by atoms with van der Waals surface area (Å²) in [5, 5.41) is 0. The Morgan fingerprint density at radius 3 is 2.60 bits per heavy atom. The molecule has 0 aromatic heterocycles. The predicted molar refractivity (Wildman–Crippen MR) is 99.0 cm³/mol. The average Bonchev–Trinajstić information content (AvgIpc) is 3.31. The van der Waals surface area contributed by atoms with Crippen molar-refractivity contribution in [2.75, 3.05) is 40.4 Å². The molecule has 0 radical (unpaired) electrons. The number of benzene rings is 1. The van der Waals surface area contributed by atoms with Crippen LogP contribution in [0.5, 0.6) is 11.5 Å². The zero-order chi connectivity index (χ0) is 17.6. The predicted octanol–water partition coefficient (Wildman–Crippen LogP) is 2.80. The van der Waals surface area contributed by atoms with Gasteiger partial charge >= 0.3 is 0 Å².